The van der Waals surface area contributed by atoms with Gasteiger partial charge >= 0.3 is 0 Å². The summed E-state index contributed by atoms with van der Waals surface area (Å²) < 4.78 is 22.2. The van der Waals surface area contributed by atoms with Crippen molar-refractivity contribution < 1.29 is 23.7 Å². The Balaban J connectivity index is 1.69. The van der Waals surface area contributed by atoms with Gasteiger partial charge in [-0.25, -0.2) is 0 Å². The average molecular weight is 373 g/mol. The standard InChI is InChI=1S/C20H17ClO5/c1-23-14-3-4-17-15(10-14)19(22)13(11-26-17)7-12-8-16(21)20-18(9-12)24-5-2-6-25-20/h3-4,7-10H,2,5-6,11H2,1H3/b13-7+. The molecule has 0 aromatic heterocycles. The van der Waals surface area contributed by atoms with Gasteiger partial charge in [-0.3, -0.25) is 4.79 Å². The predicted octanol–water partition coefficient (Wildman–Crippen LogP) is 4.17. The van der Waals surface area contributed by atoms with Crippen molar-refractivity contribution in [1.82, 2.24) is 0 Å². The second-order valence-electron chi connectivity index (χ2n) is 6.03. The van der Waals surface area contributed by atoms with Crippen LogP contribution in [0.4, 0.5) is 0 Å². The number of methoxy groups -OCH3 is 1. The van der Waals surface area contributed by atoms with E-state index in [2.05, 4.69) is 0 Å². The summed E-state index contributed by atoms with van der Waals surface area (Å²) in [6, 6.07) is 8.79. The molecular weight excluding hydrogens is 356 g/mol. The van der Waals surface area contributed by atoms with Crippen LogP contribution in [0, 0.1) is 0 Å². The second-order valence-corrected chi connectivity index (χ2v) is 6.44. The summed E-state index contributed by atoms with van der Waals surface area (Å²) in [5, 5.41) is 0.461. The van der Waals surface area contributed by atoms with Gasteiger partial charge in [0.15, 0.2) is 17.3 Å². The van der Waals surface area contributed by atoms with Gasteiger partial charge < -0.3 is 18.9 Å². The molecule has 26 heavy (non-hydrogen) atoms. The molecule has 0 N–H and O–H groups in total. The first-order valence-electron chi connectivity index (χ1n) is 8.31. The van der Waals surface area contributed by atoms with Gasteiger partial charge in [0.05, 0.1) is 30.9 Å². The highest BCUT2D eigenvalue weighted by atomic mass is 35.5. The maximum Gasteiger partial charge on any atom is 0.196 e. The highest BCUT2D eigenvalue weighted by molar-refractivity contribution is 6.32. The molecular formula is C20H17ClO5. The Morgan fingerprint density at radius 3 is 2.77 bits per heavy atom. The fraction of sp³-hybridized carbons (Fsp3) is 0.250. The molecule has 6 heteroatoms. The van der Waals surface area contributed by atoms with Crippen LogP contribution in [-0.2, 0) is 0 Å². The molecule has 0 unspecified atom stereocenters. The highest BCUT2D eigenvalue weighted by Crippen LogP contribution is 2.39. The molecule has 0 saturated heterocycles. The van der Waals surface area contributed by atoms with Crippen molar-refractivity contribution in [2.45, 2.75) is 6.42 Å². The van der Waals surface area contributed by atoms with Crippen LogP contribution in [0.15, 0.2) is 35.9 Å². The molecule has 134 valence electrons. The van der Waals surface area contributed by atoms with Crippen molar-refractivity contribution in [3.05, 3.63) is 52.1 Å². The molecule has 0 saturated carbocycles. The number of ketones is 1. The molecule has 0 aliphatic carbocycles. The molecule has 0 radical (unpaired) electrons. The Labute approximate surface area is 156 Å². The van der Waals surface area contributed by atoms with Crippen LogP contribution >= 0.6 is 11.6 Å². The van der Waals surface area contributed by atoms with Crippen LogP contribution < -0.4 is 18.9 Å². The van der Waals surface area contributed by atoms with Gasteiger partial charge in [0, 0.05) is 12.0 Å². The third kappa shape index (κ3) is 3.10. The fourth-order valence-corrected chi connectivity index (χ4v) is 3.25. The molecule has 2 aliphatic heterocycles. The SMILES string of the molecule is COc1ccc2c(c1)C(=O)/C(=C/c1cc(Cl)c3c(c1)OCCCO3)CO2. The Kier molecular flexibility index (Phi) is 4.47. The molecule has 5 nitrogen and oxygen atoms in total. The van der Waals surface area contributed by atoms with E-state index in [1.807, 2.05) is 6.07 Å². The molecule has 2 aliphatic rings. The third-order valence-corrected chi connectivity index (χ3v) is 4.55. The van der Waals surface area contributed by atoms with E-state index in [4.69, 9.17) is 30.5 Å². The quantitative estimate of drug-likeness (QED) is 0.740. The van der Waals surface area contributed by atoms with E-state index >= 15 is 0 Å². The number of benzene rings is 2. The summed E-state index contributed by atoms with van der Waals surface area (Å²) in [6.07, 6.45) is 2.57. The molecule has 2 aromatic rings. The van der Waals surface area contributed by atoms with Crippen LogP contribution in [0.1, 0.15) is 22.3 Å². The Bertz CT molecular complexity index is 903. The average Bonchev–Trinajstić information content (AvgIpc) is 2.90. The molecule has 0 atom stereocenters. The van der Waals surface area contributed by atoms with Crippen molar-refractivity contribution >= 4 is 23.5 Å². The van der Waals surface area contributed by atoms with Crippen LogP contribution in [0.25, 0.3) is 6.08 Å². The first-order chi connectivity index (χ1) is 12.7. The summed E-state index contributed by atoms with van der Waals surface area (Å²) in [6.45, 7) is 1.33. The van der Waals surface area contributed by atoms with Gasteiger partial charge in [0.1, 0.15) is 18.1 Å². The topological polar surface area (TPSA) is 54.0 Å². The van der Waals surface area contributed by atoms with Gasteiger partial charge in [-0.15, -0.1) is 0 Å². The summed E-state index contributed by atoms with van der Waals surface area (Å²) >= 11 is 6.33. The fourth-order valence-electron chi connectivity index (χ4n) is 2.98. The largest absolute Gasteiger partial charge is 0.497 e. The molecule has 0 fully saturated rings. The number of halogens is 1. The van der Waals surface area contributed by atoms with E-state index in [0.29, 0.717) is 52.4 Å². The lowest BCUT2D eigenvalue weighted by Gasteiger charge is -2.19. The number of Topliss-reactive ketones (excluding diaryl/α,β-unsaturated/α-hetero) is 1. The van der Waals surface area contributed by atoms with E-state index in [-0.39, 0.29) is 12.4 Å². The minimum Gasteiger partial charge on any atom is -0.497 e. The van der Waals surface area contributed by atoms with Crippen LogP contribution in [0.3, 0.4) is 0 Å². The zero-order valence-corrected chi connectivity index (χ0v) is 15.0. The van der Waals surface area contributed by atoms with Gasteiger partial charge in [0.25, 0.3) is 0 Å². The summed E-state index contributed by atoms with van der Waals surface area (Å²) in [4.78, 5) is 12.8. The van der Waals surface area contributed by atoms with Crippen molar-refractivity contribution in [1.29, 1.82) is 0 Å². The molecule has 2 aromatic carbocycles. The summed E-state index contributed by atoms with van der Waals surface area (Å²) in [7, 11) is 1.56. The molecule has 2 heterocycles. The summed E-state index contributed by atoms with van der Waals surface area (Å²) in [5.74, 6) is 2.22. The number of rotatable bonds is 2. The number of carbonyl (C=O) groups is 1. The zero-order valence-electron chi connectivity index (χ0n) is 14.2. The predicted molar refractivity (Wildman–Crippen MR) is 97.9 cm³/mol. The number of hydrogen-bond donors (Lipinski definition) is 0. The Morgan fingerprint density at radius 1 is 1.08 bits per heavy atom. The van der Waals surface area contributed by atoms with Crippen molar-refractivity contribution in [2.24, 2.45) is 0 Å². The van der Waals surface area contributed by atoms with Crippen molar-refractivity contribution in [3.8, 4) is 23.0 Å². The second kappa shape index (κ2) is 6.92. The van der Waals surface area contributed by atoms with E-state index in [1.54, 1.807) is 37.5 Å². The lowest BCUT2D eigenvalue weighted by Crippen LogP contribution is -2.19. The van der Waals surface area contributed by atoms with Crippen LogP contribution in [-0.4, -0.2) is 32.7 Å². The van der Waals surface area contributed by atoms with Crippen molar-refractivity contribution in [2.75, 3.05) is 26.9 Å². The number of fused-ring (bicyclic) bond motifs is 2. The van der Waals surface area contributed by atoms with Crippen LogP contribution in [0.5, 0.6) is 23.0 Å². The molecule has 4 rings (SSSR count). The maximum absolute atomic E-state index is 12.8. The van der Waals surface area contributed by atoms with Crippen LogP contribution in [0.2, 0.25) is 5.02 Å². The van der Waals surface area contributed by atoms with E-state index in [0.717, 1.165) is 12.0 Å². The number of ether oxygens (including phenoxy) is 4. The lowest BCUT2D eigenvalue weighted by molar-refractivity contribution is 0.100. The molecule has 0 spiro atoms. The Morgan fingerprint density at radius 2 is 1.92 bits per heavy atom. The highest BCUT2D eigenvalue weighted by Gasteiger charge is 2.24. The first-order valence-corrected chi connectivity index (χ1v) is 8.69. The molecule has 0 amide bonds. The van der Waals surface area contributed by atoms with E-state index in [9.17, 15) is 4.79 Å². The third-order valence-electron chi connectivity index (χ3n) is 4.27. The zero-order chi connectivity index (χ0) is 18.1. The minimum absolute atomic E-state index is 0.0895. The Hall–Kier alpha value is -2.66. The van der Waals surface area contributed by atoms with E-state index < -0.39 is 0 Å². The van der Waals surface area contributed by atoms with E-state index in [1.165, 1.54) is 0 Å². The normalized spacial score (nSPS) is 17.3. The lowest BCUT2D eigenvalue weighted by atomic mass is 9.98. The van der Waals surface area contributed by atoms with Gasteiger partial charge in [-0.1, -0.05) is 11.6 Å². The number of carbonyl (C=O) groups excluding carboxylic acids is 1. The van der Waals surface area contributed by atoms with Gasteiger partial charge in [-0.05, 0) is 42.0 Å². The monoisotopic (exact) mass is 372 g/mol. The maximum atomic E-state index is 12.8. The molecule has 0 bridgehead atoms. The van der Waals surface area contributed by atoms with Gasteiger partial charge in [-0.2, -0.15) is 0 Å². The first kappa shape index (κ1) is 16.8. The number of hydrogen-bond acceptors (Lipinski definition) is 5. The van der Waals surface area contributed by atoms with Crippen molar-refractivity contribution in [3.63, 3.8) is 0 Å². The summed E-state index contributed by atoms with van der Waals surface area (Å²) in [5.41, 5.74) is 1.79. The van der Waals surface area contributed by atoms with Gasteiger partial charge in [0.2, 0.25) is 0 Å². The minimum atomic E-state index is -0.0895. The smallest absolute Gasteiger partial charge is 0.196 e.